The molecule has 0 saturated carbocycles. The standard InChI is InChI=1S/C9H8N4O3/c14-8(15)6-16-9-10-11-12-13(9)7-4-2-1-3-5-7/h1-5H,6H2,(H,14,15). The Labute approximate surface area is 90.3 Å². The van der Waals surface area contributed by atoms with Crippen molar-refractivity contribution in [3.8, 4) is 11.7 Å². The van der Waals surface area contributed by atoms with Gasteiger partial charge in [0.25, 0.3) is 0 Å². The number of hydrogen-bond donors (Lipinski definition) is 1. The minimum absolute atomic E-state index is 0.0496. The Morgan fingerprint density at radius 3 is 2.81 bits per heavy atom. The Balaban J connectivity index is 2.23. The van der Waals surface area contributed by atoms with E-state index < -0.39 is 12.6 Å². The molecule has 0 aliphatic rings. The lowest BCUT2D eigenvalue weighted by Gasteiger charge is -2.03. The zero-order valence-electron chi connectivity index (χ0n) is 8.15. The number of carbonyl (C=O) groups is 1. The van der Waals surface area contributed by atoms with E-state index in [2.05, 4.69) is 15.5 Å². The molecule has 0 fully saturated rings. The summed E-state index contributed by atoms with van der Waals surface area (Å²) in [6.07, 6.45) is 0. The number of rotatable bonds is 4. The van der Waals surface area contributed by atoms with Gasteiger partial charge in [0.05, 0.1) is 5.69 Å². The number of aromatic nitrogens is 4. The highest BCUT2D eigenvalue weighted by Gasteiger charge is 2.10. The van der Waals surface area contributed by atoms with E-state index in [4.69, 9.17) is 9.84 Å². The first-order valence-electron chi connectivity index (χ1n) is 4.46. The van der Waals surface area contributed by atoms with Crippen molar-refractivity contribution in [2.45, 2.75) is 0 Å². The third-order valence-corrected chi connectivity index (χ3v) is 1.77. The number of aliphatic carboxylic acids is 1. The van der Waals surface area contributed by atoms with E-state index in [0.29, 0.717) is 5.69 Å². The molecule has 0 spiro atoms. The van der Waals surface area contributed by atoms with Crippen molar-refractivity contribution < 1.29 is 14.6 Å². The summed E-state index contributed by atoms with van der Waals surface area (Å²) in [5, 5.41) is 19.2. The zero-order chi connectivity index (χ0) is 11.4. The first kappa shape index (κ1) is 10.1. The Hall–Kier alpha value is -2.44. The maximum Gasteiger partial charge on any atom is 0.341 e. The summed E-state index contributed by atoms with van der Waals surface area (Å²) in [6.45, 7) is -0.479. The molecule has 0 unspecified atom stereocenters. The Morgan fingerprint density at radius 1 is 1.38 bits per heavy atom. The third-order valence-electron chi connectivity index (χ3n) is 1.77. The predicted molar refractivity (Wildman–Crippen MR) is 52.3 cm³/mol. The number of ether oxygens (including phenoxy) is 1. The van der Waals surface area contributed by atoms with Gasteiger partial charge in [-0.05, 0) is 22.6 Å². The normalized spacial score (nSPS) is 10.0. The highest BCUT2D eigenvalue weighted by atomic mass is 16.5. The summed E-state index contributed by atoms with van der Waals surface area (Å²) in [7, 11) is 0. The van der Waals surface area contributed by atoms with E-state index in [9.17, 15) is 4.79 Å². The van der Waals surface area contributed by atoms with Crippen molar-refractivity contribution in [1.29, 1.82) is 0 Å². The molecule has 0 radical (unpaired) electrons. The molecule has 1 heterocycles. The monoisotopic (exact) mass is 220 g/mol. The average Bonchev–Trinajstić information content (AvgIpc) is 2.75. The van der Waals surface area contributed by atoms with Crippen LogP contribution >= 0.6 is 0 Å². The van der Waals surface area contributed by atoms with Crippen LogP contribution < -0.4 is 4.74 Å². The van der Waals surface area contributed by atoms with Crippen molar-refractivity contribution in [3.63, 3.8) is 0 Å². The largest absolute Gasteiger partial charge is 0.479 e. The van der Waals surface area contributed by atoms with E-state index in [-0.39, 0.29) is 6.01 Å². The summed E-state index contributed by atoms with van der Waals surface area (Å²) in [4.78, 5) is 10.3. The lowest BCUT2D eigenvalue weighted by Crippen LogP contribution is -2.12. The van der Waals surface area contributed by atoms with Gasteiger partial charge < -0.3 is 9.84 Å². The van der Waals surface area contributed by atoms with Crippen LogP contribution in [-0.4, -0.2) is 37.9 Å². The van der Waals surface area contributed by atoms with Crippen LogP contribution in [0.5, 0.6) is 6.01 Å². The van der Waals surface area contributed by atoms with E-state index in [0.717, 1.165) is 0 Å². The van der Waals surface area contributed by atoms with Gasteiger partial charge >= 0.3 is 12.0 Å². The number of tetrazole rings is 1. The van der Waals surface area contributed by atoms with Gasteiger partial charge in [-0.25, -0.2) is 4.79 Å². The number of benzene rings is 1. The molecule has 82 valence electrons. The number of carboxylic acids is 1. The van der Waals surface area contributed by atoms with Gasteiger partial charge in [0.2, 0.25) is 0 Å². The van der Waals surface area contributed by atoms with Crippen LogP contribution in [0, 0.1) is 0 Å². The fourth-order valence-electron chi connectivity index (χ4n) is 1.13. The van der Waals surface area contributed by atoms with Crippen LogP contribution in [0.15, 0.2) is 30.3 Å². The maximum absolute atomic E-state index is 10.3. The Bertz CT molecular complexity index is 483. The second kappa shape index (κ2) is 4.39. The molecule has 0 aliphatic carbocycles. The zero-order valence-corrected chi connectivity index (χ0v) is 8.15. The summed E-state index contributed by atoms with van der Waals surface area (Å²) in [5.74, 6) is -1.08. The summed E-state index contributed by atoms with van der Waals surface area (Å²) >= 11 is 0. The fraction of sp³-hybridized carbons (Fsp3) is 0.111. The summed E-state index contributed by atoms with van der Waals surface area (Å²) in [6, 6.07) is 9.10. The maximum atomic E-state index is 10.3. The molecule has 0 saturated heterocycles. The first-order chi connectivity index (χ1) is 7.77. The molecule has 0 atom stereocenters. The second-order valence-electron chi connectivity index (χ2n) is 2.89. The van der Waals surface area contributed by atoms with E-state index in [1.54, 1.807) is 12.1 Å². The van der Waals surface area contributed by atoms with Crippen LogP contribution in [0.3, 0.4) is 0 Å². The minimum atomic E-state index is -1.08. The number of nitrogens with zero attached hydrogens (tertiary/aromatic N) is 4. The minimum Gasteiger partial charge on any atom is -0.479 e. The van der Waals surface area contributed by atoms with Crippen LogP contribution in [0.2, 0.25) is 0 Å². The van der Waals surface area contributed by atoms with Gasteiger partial charge in [0.15, 0.2) is 6.61 Å². The summed E-state index contributed by atoms with van der Waals surface area (Å²) in [5.41, 5.74) is 0.702. The molecule has 1 aromatic carbocycles. The topological polar surface area (TPSA) is 90.1 Å². The van der Waals surface area contributed by atoms with Gasteiger partial charge in [-0.15, -0.1) is 0 Å². The number of para-hydroxylation sites is 1. The SMILES string of the molecule is O=C(O)COc1nnnn1-c1ccccc1. The summed E-state index contributed by atoms with van der Waals surface area (Å²) < 4.78 is 6.24. The molecular weight excluding hydrogens is 212 g/mol. The predicted octanol–water partition coefficient (Wildman–Crippen LogP) is 0.126. The van der Waals surface area contributed by atoms with Gasteiger partial charge in [-0.3, -0.25) is 0 Å². The van der Waals surface area contributed by atoms with Gasteiger partial charge in [-0.2, -0.15) is 4.68 Å². The molecular formula is C9H8N4O3. The highest BCUT2D eigenvalue weighted by Crippen LogP contribution is 2.11. The van der Waals surface area contributed by atoms with E-state index in [1.807, 2.05) is 18.2 Å². The molecule has 2 rings (SSSR count). The van der Waals surface area contributed by atoms with Crippen molar-refractivity contribution in [2.75, 3.05) is 6.61 Å². The van der Waals surface area contributed by atoms with Crippen LogP contribution in [0.25, 0.3) is 5.69 Å². The molecule has 0 aliphatic heterocycles. The van der Waals surface area contributed by atoms with Gasteiger partial charge in [0.1, 0.15) is 0 Å². The van der Waals surface area contributed by atoms with Crippen molar-refractivity contribution in [1.82, 2.24) is 20.2 Å². The van der Waals surface area contributed by atoms with Crippen molar-refractivity contribution in [3.05, 3.63) is 30.3 Å². The van der Waals surface area contributed by atoms with Gasteiger partial charge in [0, 0.05) is 0 Å². The molecule has 0 amide bonds. The molecule has 1 aromatic heterocycles. The van der Waals surface area contributed by atoms with Crippen molar-refractivity contribution in [2.24, 2.45) is 0 Å². The Kier molecular flexibility index (Phi) is 2.77. The molecule has 7 heteroatoms. The molecule has 16 heavy (non-hydrogen) atoms. The quantitative estimate of drug-likeness (QED) is 0.787. The first-order valence-corrected chi connectivity index (χ1v) is 4.46. The lowest BCUT2D eigenvalue weighted by molar-refractivity contribution is -0.139. The lowest BCUT2D eigenvalue weighted by atomic mass is 10.3. The third kappa shape index (κ3) is 2.14. The molecule has 1 N–H and O–H groups in total. The average molecular weight is 220 g/mol. The molecule has 0 bridgehead atoms. The van der Waals surface area contributed by atoms with E-state index >= 15 is 0 Å². The number of hydrogen-bond acceptors (Lipinski definition) is 5. The smallest absolute Gasteiger partial charge is 0.341 e. The van der Waals surface area contributed by atoms with Crippen LogP contribution in [-0.2, 0) is 4.79 Å². The molecule has 7 nitrogen and oxygen atoms in total. The highest BCUT2D eigenvalue weighted by molar-refractivity contribution is 5.68. The van der Waals surface area contributed by atoms with E-state index in [1.165, 1.54) is 4.68 Å². The second-order valence-corrected chi connectivity index (χ2v) is 2.89. The molecule has 2 aromatic rings. The van der Waals surface area contributed by atoms with Gasteiger partial charge in [-0.1, -0.05) is 23.3 Å². The van der Waals surface area contributed by atoms with Crippen molar-refractivity contribution >= 4 is 5.97 Å². The van der Waals surface area contributed by atoms with Crippen LogP contribution in [0.4, 0.5) is 0 Å². The Morgan fingerprint density at radius 2 is 2.12 bits per heavy atom. The fourth-order valence-corrected chi connectivity index (χ4v) is 1.13. The number of carboxylic acid groups (broad SMARTS) is 1. The van der Waals surface area contributed by atoms with Crippen LogP contribution in [0.1, 0.15) is 0 Å².